The van der Waals surface area contributed by atoms with Crippen molar-refractivity contribution in [1.29, 1.82) is 0 Å². The van der Waals surface area contributed by atoms with E-state index in [9.17, 15) is 0 Å². The third kappa shape index (κ3) is 3.27. The lowest BCUT2D eigenvalue weighted by atomic mass is 10.1. The van der Waals surface area contributed by atoms with Crippen molar-refractivity contribution in [1.82, 2.24) is 10.3 Å². The molecule has 0 amide bonds. The van der Waals surface area contributed by atoms with Gasteiger partial charge in [0.25, 0.3) is 0 Å². The standard InChI is InChI=1S/C12H20N2OS/c1-9-7-14-12(16-9)10(2)13-8-11-5-3-4-6-15-11/h7,10-11,13H,3-6,8H2,1-2H3. The van der Waals surface area contributed by atoms with Crippen LogP contribution in [0, 0.1) is 6.92 Å². The highest BCUT2D eigenvalue weighted by molar-refractivity contribution is 7.11. The van der Waals surface area contributed by atoms with Gasteiger partial charge in [-0.25, -0.2) is 4.98 Å². The number of aromatic nitrogens is 1. The molecule has 2 atom stereocenters. The van der Waals surface area contributed by atoms with Gasteiger partial charge < -0.3 is 10.1 Å². The van der Waals surface area contributed by atoms with E-state index in [0.29, 0.717) is 12.1 Å². The SMILES string of the molecule is Cc1cnc(C(C)NCC2CCCCO2)s1. The van der Waals surface area contributed by atoms with Crippen molar-refractivity contribution in [2.75, 3.05) is 13.2 Å². The average Bonchev–Trinajstić information content (AvgIpc) is 2.74. The summed E-state index contributed by atoms with van der Waals surface area (Å²) in [5, 5.41) is 4.68. The quantitative estimate of drug-likeness (QED) is 0.878. The number of nitrogens with one attached hydrogen (secondary N) is 1. The van der Waals surface area contributed by atoms with E-state index in [4.69, 9.17) is 4.74 Å². The summed E-state index contributed by atoms with van der Waals surface area (Å²) >= 11 is 1.77. The molecular weight excluding hydrogens is 220 g/mol. The van der Waals surface area contributed by atoms with Crippen LogP contribution in [0.3, 0.4) is 0 Å². The van der Waals surface area contributed by atoms with Gasteiger partial charge in [-0.1, -0.05) is 0 Å². The molecule has 1 aliphatic rings. The minimum atomic E-state index is 0.337. The number of hydrogen-bond donors (Lipinski definition) is 1. The van der Waals surface area contributed by atoms with Crippen LogP contribution in [0.4, 0.5) is 0 Å². The number of aryl methyl sites for hydroxylation is 1. The first-order chi connectivity index (χ1) is 7.75. The summed E-state index contributed by atoms with van der Waals surface area (Å²) in [4.78, 5) is 5.67. The van der Waals surface area contributed by atoms with E-state index in [2.05, 4.69) is 24.1 Å². The summed E-state index contributed by atoms with van der Waals surface area (Å²) in [6.45, 7) is 6.14. The van der Waals surface area contributed by atoms with Crippen LogP contribution < -0.4 is 5.32 Å². The molecule has 1 saturated heterocycles. The maximum absolute atomic E-state index is 5.69. The minimum Gasteiger partial charge on any atom is -0.377 e. The van der Waals surface area contributed by atoms with Crippen LogP contribution >= 0.6 is 11.3 Å². The van der Waals surface area contributed by atoms with Gasteiger partial charge in [0.05, 0.1) is 12.1 Å². The summed E-state index contributed by atoms with van der Waals surface area (Å²) in [5.41, 5.74) is 0. The van der Waals surface area contributed by atoms with E-state index < -0.39 is 0 Å². The summed E-state index contributed by atoms with van der Waals surface area (Å²) in [6, 6.07) is 0.337. The number of nitrogens with zero attached hydrogens (tertiary/aromatic N) is 1. The van der Waals surface area contributed by atoms with Gasteiger partial charge in [0.15, 0.2) is 0 Å². The Morgan fingerprint density at radius 1 is 1.62 bits per heavy atom. The zero-order chi connectivity index (χ0) is 11.4. The molecule has 1 N–H and O–H groups in total. The normalized spacial score (nSPS) is 23.2. The van der Waals surface area contributed by atoms with Crippen LogP contribution in [0.5, 0.6) is 0 Å². The molecular formula is C12H20N2OS. The Morgan fingerprint density at radius 2 is 2.50 bits per heavy atom. The first kappa shape index (κ1) is 12.0. The van der Waals surface area contributed by atoms with Gasteiger partial charge in [0.2, 0.25) is 0 Å². The second kappa shape index (κ2) is 5.75. The molecule has 16 heavy (non-hydrogen) atoms. The lowest BCUT2D eigenvalue weighted by molar-refractivity contribution is 0.0156. The first-order valence-corrected chi connectivity index (χ1v) is 6.84. The Labute approximate surface area is 101 Å². The molecule has 0 aromatic carbocycles. The monoisotopic (exact) mass is 240 g/mol. The van der Waals surface area contributed by atoms with Crippen LogP contribution in [0.25, 0.3) is 0 Å². The molecule has 3 nitrogen and oxygen atoms in total. The highest BCUT2D eigenvalue weighted by Gasteiger charge is 2.16. The molecule has 4 heteroatoms. The maximum Gasteiger partial charge on any atom is 0.109 e. The van der Waals surface area contributed by atoms with Crippen molar-refractivity contribution in [3.05, 3.63) is 16.1 Å². The minimum absolute atomic E-state index is 0.337. The predicted octanol–water partition coefficient (Wildman–Crippen LogP) is 2.67. The van der Waals surface area contributed by atoms with Gasteiger partial charge in [-0.3, -0.25) is 0 Å². The molecule has 0 spiro atoms. The molecule has 1 aromatic heterocycles. The van der Waals surface area contributed by atoms with Crippen molar-refractivity contribution >= 4 is 11.3 Å². The highest BCUT2D eigenvalue weighted by Crippen LogP contribution is 2.19. The smallest absolute Gasteiger partial charge is 0.109 e. The number of hydrogen-bond acceptors (Lipinski definition) is 4. The lowest BCUT2D eigenvalue weighted by Crippen LogP contribution is -2.33. The van der Waals surface area contributed by atoms with Crippen molar-refractivity contribution < 1.29 is 4.74 Å². The van der Waals surface area contributed by atoms with Gasteiger partial charge >= 0.3 is 0 Å². The van der Waals surface area contributed by atoms with E-state index in [1.165, 1.54) is 29.1 Å². The molecule has 0 saturated carbocycles. The maximum atomic E-state index is 5.69. The summed E-state index contributed by atoms with van der Waals surface area (Å²) in [6.07, 6.45) is 6.05. The van der Waals surface area contributed by atoms with E-state index in [1.54, 1.807) is 11.3 Å². The van der Waals surface area contributed by atoms with Crippen LogP contribution in [-0.4, -0.2) is 24.2 Å². The van der Waals surface area contributed by atoms with Crippen LogP contribution in [0.2, 0.25) is 0 Å². The summed E-state index contributed by atoms with van der Waals surface area (Å²) < 4.78 is 5.69. The Hall–Kier alpha value is -0.450. The molecule has 2 unspecified atom stereocenters. The molecule has 1 aromatic rings. The Kier molecular flexibility index (Phi) is 4.32. The van der Waals surface area contributed by atoms with Gasteiger partial charge in [-0.05, 0) is 33.1 Å². The van der Waals surface area contributed by atoms with Crippen molar-refractivity contribution in [2.24, 2.45) is 0 Å². The second-order valence-electron chi connectivity index (χ2n) is 4.43. The van der Waals surface area contributed by atoms with Crippen LogP contribution in [0.1, 0.15) is 42.1 Å². The van der Waals surface area contributed by atoms with Crippen molar-refractivity contribution in [3.8, 4) is 0 Å². The fourth-order valence-corrected chi connectivity index (χ4v) is 2.74. The van der Waals surface area contributed by atoms with E-state index in [-0.39, 0.29) is 0 Å². The molecule has 0 radical (unpaired) electrons. The molecule has 0 bridgehead atoms. The Bertz CT molecular complexity index is 321. The number of ether oxygens (including phenoxy) is 1. The topological polar surface area (TPSA) is 34.2 Å². The number of rotatable bonds is 4. The van der Waals surface area contributed by atoms with Crippen LogP contribution in [0.15, 0.2) is 6.20 Å². The third-order valence-corrected chi connectivity index (χ3v) is 4.03. The second-order valence-corrected chi connectivity index (χ2v) is 5.69. The molecule has 1 fully saturated rings. The molecule has 0 aliphatic carbocycles. The van der Waals surface area contributed by atoms with Crippen molar-refractivity contribution in [3.63, 3.8) is 0 Å². The fraction of sp³-hybridized carbons (Fsp3) is 0.750. The van der Waals surface area contributed by atoms with Crippen molar-refractivity contribution in [2.45, 2.75) is 45.3 Å². The molecule has 2 heterocycles. The number of thiazole rings is 1. The summed E-state index contributed by atoms with van der Waals surface area (Å²) in [5.74, 6) is 0. The first-order valence-electron chi connectivity index (χ1n) is 6.03. The van der Waals surface area contributed by atoms with E-state index in [0.717, 1.165) is 13.2 Å². The fourth-order valence-electron chi connectivity index (χ4n) is 1.94. The average molecular weight is 240 g/mol. The zero-order valence-corrected chi connectivity index (χ0v) is 10.8. The van der Waals surface area contributed by atoms with Gasteiger partial charge in [-0.2, -0.15) is 0 Å². The van der Waals surface area contributed by atoms with Crippen LogP contribution in [-0.2, 0) is 4.74 Å². The zero-order valence-electron chi connectivity index (χ0n) is 10.0. The van der Waals surface area contributed by atoms with Gasteiger partial charge in [-0.15, -0.1) is 11.3 Å². The Balaban J connectivity index is 1.76. The molecule has 90 valence electrons. The lowest BCUT2D eigenvalue weighted by Gasteiger charge is -2.24. The third-order valence-electron chi connectivity index (χ3n) is 2.94. The Morgan fingerprint density at radius 3 is 3.12 bits per heavy atom. The molecule has 1 aliphatic heterocycles. The molecule has 2 rings (SSSR count). The van der Waals surface area contributed by atoms with Gasteiger partial charge in [0.1, 0.15) is 5.01 Å². The van der Waals surface area contributed by atoms with Gasteiger partial charge in [0, 0.05) is 24.2 Å². The summed E-state index contributed by atoms with van der Waals surface area (Å²) in [7, 11) is 0. The van der Waals surface area contributed by atoms with E-state index >= 15 is 0 Å². The predicted molar refractivity (Wildman–Crippen MR) is 66.9 cm³/mol. The largest absolute Gasteiger partial charge is 0.377 e. The van der Waals surface area contributed by atoms with E-state index in [1.807, 2.05) is 6.20 Å². The highest BCUT2D eigenvalue weighted by atomic mass is 32.1.